The lowest BCUT2D eigenvalue weighted by Gasteiger charge is -2.09. The number of carboxylic acid groups (broad SMARTS) is 1. The first-order valence-corrected chi connectivity index (χ1v) is 5.70. The number of benzene rings is 1. The minimum absolute atomic E-state index is 0.0116. The highest BCUT2D eigenvalue weighted by Gasteiger charge is 2.08. The van der Waals surface area contributed by atoms with Crippen molar-refractivity contribution in [3.8, 4) is 0 Å². The molecule has 0 amide bonds. The van der Waals surface area contributed by atoms with Gasteiger partial charge in [-0.1, -0.05) is 19.1 Å². The number of fused-ring (bicyclic) bond motifs is 1. The van der Waals surface area contributed by atoms with Gasteiger partial charge >= 0.3 is 5.97 Å². The van der Waals surface area contributed by atoms with E-state index in [1.54, 1.807) is 0 Å². The van der Waals surface area contributed by atoms with Gasteiger partial charge in [0.2, 0.25) is 5.95 Å². The highest BCUT2D eigenvalue weighted by Crippen LogP contribution is 2.09. The Balaban J connectivity index is 2.01. The number of carbonyl (C=O) groups is 1. The van der Waals surface area contributed by atoms with Gasteiger partial charge in [0, 0.05) is 13.0 Å². The largest absolute Gasteiger partial charge is 0.481 e. The first-order valence-electron chi connectivity index (χ1n) is 5.70. The molecule has 0 aliphatic carbocycles. The lowest BCUT2D eigenvalue weighted by molar-refractivity contribution is -0.137. The summed E-state index contributed by atoms with van der Waals surface area (Å²) in [5.41, 5.74) is 1.50. The zero-order valence-electron chi connectivity index (χ0n) is 10.00. The van der Waals surface area contributed by atoms with Crippen molar-refractivity contribution < 1.29 is 9.90 Å². The second kappa shape index (κ2) is 5.39. The summed E-state index contributed by atoms with van der Waals surface area (Å²) in [6.07, 6.45) is 0.119. The zero-order chi connectivity index (χ0) is 13.0. The van der Waals surface area contributed by atoms with Gasteiger partial charge in [-0.15, -0.1) is 10.2 Å². The standard InChI is InChI=1S/C12H14N4O2/c1-8(6-11(17)18)7-13-12-14-9-4-2-3-5-10(9)15-16-12/h2-5,8H,6-7H2,1H3,(H,17,18)(H,13,14,16). The SMILES string of the molecule is CC(CNc1nnc2ccccc2n1)CC(=O)O. The number of hydrogen-bond acceptors (Lipinski definition) is 5. The first-order chi connectivity index (χ1) is 8.65. The average molecular weight is 246 g/mol. The normalized spacial score (nSPS) is 12.3. The third-order valence-corrected chi connectivity index (χ3v) is 2.49. The van der Waals surface area contributed by atoms with Crippen molar-refractivity contribution in [2.75, 3.05) is 11.9 Å². The van der Waals surface area contributed by atoms with Crippen molar-refractivity contribution in [3.05, 3.63) is 24.3 Å². The van der Waals surface area contributed by atoms with Gasteiger partial charge in [-0.2, -0.15) is 0 Å². The van der Waals surface area contributed by atoms with Gasteiger partial charge in [-0.05, 0) is 18.1 Å². The number of carboxylic acids is 1. The molecule has 0 radical (unpaired) electrons. The van der Waals surface area contributed by atoms with Crippen LogP contribution in [0.15, 0.2) is 24.3 Å². The van der Waals surface area contributed by atoms with Gasteiger partial charge < -0.3 is 10.4 Å². The van der Waals surface area contributed by atoms with Gasteiger partial charge in [0.1, 0.15) is 5.52 Å². The van der Waals surface area contributed by atoms with E-state index in [9.17, 15) is 4.79 Å². The van der Waals surface area contributed by atoms with Gasteiger partial charge in [0.15, 0.2) is 0 Å². The molecule has 0 saturated carbocycles. The Morgan fingerprint density at radius 3 is 2.78 bits per heavy atom. The number of aromatic nitrogens is 3. The van der Waals surface area contributed by atoms with Crippen LogP contribution in [0, 0.1) is 5.92 Å². The lowest BCUT2D eigenvalue weighted by Crippen LogP contribution is -2.16. The van der Waals surface area contributed by atoms with E-state index >= 15 is 0 Å². The van der Waals surface area contributed by atoms with Crippen LogP contribution < -0.4 is 5.32 Å². The molecule has 6 heteroatoms. The van der Waals surface area contributed by atoms with E-state index in [0.29, 0.717) is 12.5 Å². The Morgan fingerprint density at radius 1 is 1.33 bits per heavy atom. The van der Waals surface area contributed by atoms with Gasteiger partial charge in [-0.3, -0.25) is 4.79 Å². The molecule has 1 unspecified atom stereocenters. The summed E-state index contributed by atoms with van der Waals surface area (Å²) in [7, 11) is 0. The lowest BCUT2D eigenvalue weighted by atomic mass is 10.1. The molecule has 0 spiro atoms. The number of rotatable bonds is 5. The Kier molecular flexibility index (Phi) is 3.66. The minimum Gasteiger partial charge on any atom is -0.481 e. The quantitative estimate of drug-likeness (QED) is 0.832. The van der Waals surface area contributed by atoms with Crippen LogP contribution in [0.3, 0.4) is 0 Å². The van der Waals surface area contributed by atoms with Crippen molar-refractivity contribution in [3.63, 3.8) is 0 Å². The van der Waals surface area contributed by atoms with E-state index in [4.69, 9.17) is 5.11 Å². The van der Waals surface area contributed by atoms with Crippen LogP contribution >= 0.6 is 0 Å². The maximum absolute atomic E-state index is 10.5. The molecule has 1 aromatic carbocycles. The van der Waals surface area contributed by atoms with Crippen LogP contribution in [0.25, 0.3) is 11.0 Å². The molecule has 0 aliphatic rings. The zero-order valence-corrected chi connectivity index (χ0v) is 10.00. The second-order valence-electron chi connectivity index (χ2n) is 4.21. The maximum atomic E-state index is 10.5. The summed E-state index contributed by atoms with van der Waals surface area (Å²) in [4.78, 5) is 14.8. The topological polar surface area (TPSA) is 88.0 Å². The van der Waals surface area contributed by atoms with Gasteiger partial charge in [-0.25, -0.2) is 4.98 Å². The molecule has 2 aromatic rings. The second-order valence-corrected chi connectivity index (χ2v) is 4.21. The monoisotopic (exact) mass is 246 g/mol. The predicted octanol–water partition coefficient (Wildman–Crippen LogP) is 1.55. The fourth-order valence-corrected chi connectivity index (χ4v) is 1.59. The molecule has 0 saturated heterocycles. The summed E-state index contributed by atoms with van der Waals surface area (Å²) in [6, 6.07) is 7.45. The van der Waals surface area contributed by atoms with Crippen LogP contribution in [0.2, 0.25) is 0 Å². The molecular weight excluding hydrogens is 232 g/mol. The Labute approximate surface area is 104 Å². The van der Waals surface area contributed by atoms with Crippen LogP contribution in [-0.2, 0) is 4.79 Å². The fraction of sp³-hybridized carbons (Fsp3) is 0.333. The Hall–Kier alpha value is -2.24. The number of para-hydroxylation sites is 1. The third kappa shape index (κ3) is 3.13. The van der Waals surface area contributed by atoms with E-state index in [2.05, 4.69) is 20.5 Å². The Morgan fingerprint density at radius 2 is 2.06 bits per heavy atom. The summed E-state index contributed by atoms with van der Waals surface area (Å²) in [5.74, 6) is -0.370. The van der Waals surface area contributed by atoms with E-state index in [0.717, 1.165) is 11.0 Å². The maximum Gasteiger partial charge on any atom is 0.303 e. The molecule has 0 bridgehead atoms. The van der Waals surface area contributed by atoms with E-state index in [1.165, 1.54) is 0 Å². The number of aliphatic carboxylic acids is 1. The molecule has 1 atom stereocenters. The molecule has 0 aliphatic heterocycles. The molecule has 18 heavy (non-hydrogen) atoms. The molecule has 94 valence electrons. The van der Waals surface area contributed by atoms with Crippen molar-refractivity contribution in [1.82, 2.24) is 15.2 Å². The molecule has 0 fully saturated rings. The fourth-order valence-electron chi connectivity index (χ4n) is 1.59. The van der Waals surface area contributed by atoms with E-state index < -0.39 is 5.97 Å². The van der Waals surface area contributed by atoms with Gasteiger partial charge in [0.05, 0.1) is 5.52 Å². The number of nitrogens with one attached hydrogen (secondary N) is 1. The van der Waals surface area contributed by atoms with E-state index in [1.807, 2.05) is 31.2 Å². The Bertz CT molecular complexity index is 559. The predicted molar refractivity (Wildman–Crippen MR) is 67.2 cm³/mol. The number of anilines is 1. The van der Waals surface area contributed by atoms with Gasteiger partial charge in [0.25, 0.3) is 0 Å². The number of hydrogen-bond donors (Lipinski definition) is 2. The van der Waals surface area contributed by atoms with Crippen molar-refractivity contribution in [2.24, 2.45) is 5.92 Å². The van der Waals surface area contributed by atoms with Crippen molar-refractivity contribution >= 4 is 23.0 Å². The van der Waals surface area contributed by atoms with Crippen molar-refractivity contribution in [1.29, 1.82) is 0 Å². The first kappa shape index (κ1) is 12.2. The third-order valence-electron chi connectivity index (χ3n) is 2.49. The summed E-state index contributed by atoms with van der Waals surface area (Å²) in [5, 5.41) is 19.6. The molecule has 6 nitrogen and oxygen atoms in total. The van der Waals surface area contributed by atoms with Crippen LogP contribution in [0.4, 0.5) is 5.95 Å². The van der Waals surface area contributed by atoms with Crippen LogP contribution in [-0.4, -0.2) is 32.8 Å². The molecule has 2 rings (SSSR count). The van der Waals surface area contributed by atoms with Crippen LogP contribution in [0.5, 0.6) is 0 Å². The smallest absolute Gasteiger partial charge is 0.303 e. The highest BCUT2D eigenvalue weighted by molar-refractivity contribution is 5.74. The van der Waals surface area contributed by atoms with E-state index in [-0.39, 0.29) is 12.3 Å². The molecule has 1 heterocycles. The summed E-state index contributed by atoms with van der Waals surface area (Å²) in [6.45, 7) is 2.36. The molecular formula is C12H14N4O2. The highest BCUT2D eigenvalue weighted by atomic mass is 16.4. The summed E-state index contributed by atoms with van der Waals surface area (Å²) >= 11 is 0. The molecule has 1 aromatic heterocycles. The number of nitrogens with zero attached hydrogens (tertiary/aromatic N) is 3. The minimum atomic E-state index is -0.804. The van der Waals surface area contributed by atoms with Crippen molar-refractivity contribution in [2.45, 2.75) is 13.3 Å². The summed E-state index contributed by atoms with van der Waals surface area (Å²) < 4.78 is 0. The van der Waals surface area contributed by atoms with Crippen LogP contribution in [0.1, 0.15) is 13.3 Å². The average Bonchev–Trinajstić information content (AvgIpc) is 2.35. The molecule has 2 N–H and O–H groups in total.